The standard InChI is InChI=1S/C23H26N4O4/c1-23(2,3)16-8-9-19-18(10-16)20(31-26-19)21(28)25-17-11-24-27(13-17)12-14-4-6-15(7-5-14)22(29)30/h4-7,11,13,16H,8-10,12H2,1-3H3,(H,25,28)(H,29,30). The summed E-state index contributed by atoms with van der Waals surface area (Å²) in [5, 5.41) is 20.2. The molecule has 0 radical (unpaired) electrons. The highest BCUT2D eigenvalue weighted by atomic mass is 16.5. The zero-order valence-corrected chi connectivity index (χ0v) is 17.9. The third-order valence-electron chi connectivity index (χ3n) is 5.92. The number of carbonyl (C=O) groups excluding carboxylic acids is 1. The molecule has 3 aromatic rings. The van der Waals surface area contributed by atoms with Crippen LogP contribution in [-0.4, -0.2) is 31.9 Å². The molecule has 2 aromatic heterocycles. The number of nitrogens with one attached hydrogen (secondary N) is 1. The fourth-order valence-electron chi connectivity index (χ4n) is 3.97. The van der Waals surface area contributed by atoms with Crippen LogP contribution in [0.5, 0.6) is 0 Å². The molecule has 4 rings (SSSR count). The molecule has 0 spiro atoms. The van der Waals surface area contributed by atoms with E-state index < -0.39 is 5.97 Å². The van der Waals surface area contributed by atoms with Gasteiger partial charge in [-0.3, -0.25) is 9.48 Å². The van der Waals surface area contributed by atoms with Crippen molar-refractivity contribution in [2.45, 2.75) is 46.6 Å². The molecule has 0 saturated heterocycles. The molecule has 2 heterocycles. The second-order valence-corrected chi connectivity index (χ2v) is 9.13. The zero-order chi connectivity index (χ0) is 22.2. The van der Waals surface area contributed by atoms with Crippen molar-refractivity contribution in [3.05, 3.63) is 64.8 Å². The van der Waals surface area contributed by atoms with Crippen molar-refractivity contribution in [1.29, 1.82) is 0 Å². The number of nitrogens with zero attached hydrogens (tertiary/aromatic N) is 3. The smallest absolute Gasteiger partial charge is 0.335 e. The Balaban J connectivity index is 1.43. The number of benzene rings is 1. The minimum Gasteiger partial charge on any atom is -0.478 e. The molecule has 1 aromatic carbocycles. The van der Waals surface area contributed by atoms with Gasteiger partial charge in [0.1, 0.15) is 0 Å². The fraction of sp³-hybridized carbons (Fsp3) is 0.391. The largest absolute Gasteiger partial charge is 0.478 e. The van der Waals surface area contributed by atoms with E-state index in [2.05, 4.69) is 36.3 Å². The van der Waals surface area contributed by atoms with Crippen LogP contribution >= 0.6 is 0 Å². The van der Waals surface area contributed by atoms with Gasteiger partial charge in [0, 0.05) is 11.8 Å². The number of carbonyl (C=O) groups is 2. The summed E-state index contributed by atoms with van der Waals surface area (Å²) in [6.07, 6.45) is 5.96. The van der Waals surface area contributed by atoms with Gasteiger partial charge in [-0.05, 0) is 48.3 Å². The molecule has 1 atom stereocenters. The first-order valence-corrected chi connectivity index (χ1v) is 10.3. The monoisotopic (exact) mass is 422 g/mol. The van der Waals surface area contributed by atoms with Gasteiger partial charge in [-0.2, -0.15) is 5.10 Å². The predicted octanol–water partition coefficient (Wildman–Crippen LogP) is 4.02. The molecule has 1 aliphatic rings. The van der Waals surface area contributed by atoms with Crippen LogP contribution in [0.3, 0.4) is 0 Å². The van der Waals surface area contributed by atoms with Gasteiger partial charge in [0.2, 0.25) is 5.76 Å². The van der Waals surface area contributed by atoms with E-state index in [0.717, 1.165) is 36.1 Å². The maximum Gasteiger partial charge on any atom is 0.335 e. The van der Waals surface area contributed by atoms with Gasteiger partial charge >= 0.3 is 5.97 Å². The minimum atomic E-state index is -0.959. The molecular formula is C23H26N4O4. The van der Waals surface area contributed by atoms with Crippen LogP contribution in [0.1, 0.15) is 64.9 Å². The SMILES string of the molecule is CC(C)(C)C1CCc2noc(C(=O)Nc3cnn(Cc4ccc(C(=O)O)cc4)c3)c2C1. The number of fused-ring (bicyclic) bond motifs is 1. The minimum absolute atomic E-state index is 0.159. The highest BCUT2D eigenvalue weighted by Gasteiger charge is 2.34. The molecule has 162 valence electrons. The lowest BCUT2D eigenvalue weighted by molar-refractivity contribution is 0.0696. The van der Waals surface area contributed by atoms with E-state index in [1.165, 1.54) is 0 Å². The number of amides is 1. The van der Waals surface area contributed by atoms with Crippen molar-refractivity contribution < 1.29 is 19.2 Å². The van der Waals surface area contributed by atoms with Crippen LogP contribution < -0.4 is 5.32 Å². The predicted molar refractivity (Wildman–Crippen MR) is 114 cm³/mol. The van der Waals surface area contributed by atoms with E-state index in [-0.39, 0.29) is 22.6 Å². The van der Waals surface area contributed by atoms with Gasteiger partial charge in [0.15, 0.2) is 0 Å². The Bertz CT molecular complexity index is 1110. The summed E-state index contributed by atoms with van der Waals surface area (Å²) < 4.78 is 7.09. The second-order valence-electron chi connectivity index (χ2n) is 9.13. The molecule has 8 nitrogen and oxygen atoms in total. The summed E-state index contributed by atoms with van der Waals surface area (Å²) in [4.78, 5) is 23.8. The van der Waals surface area contributed by atoms with Gasteiger partial charge in [-0.1, -0.05) is 38.1 Å². The quantitative estimate of drug-likeness (QED) is 0.643. The number of aryl methyl sites for hydroxylation is 1. The van der Waals surface area contributed by atoms with E-state index in [4.69, 9.17) is 9.63 Å². The molecule has 1 unspecified atom stereocenters. The van der Waals surface area contributed by atoms with Crippen molar-refractivity contribution in [3.8, 4) is 0 Å². The average Bonchev–Trinajstić information content (AvgIpc) is 3.34. The fourth-order valence-corrected chi connectivity index (χ4v) is 3.97. The van der Waals surface area contributed by atoms with Crippen LogP contribution in [0.15, 0.2) is 41.2 Å². The second kappa shape index (κ2) is 8.02. The molecular weight excluding hydrogens is 396 g/mol. The summed E-state index contributed by atoms with van der Waals surface area (Å²) in [5.74, 6) is -0.532. The third-order valence-corrected chi connectivity index (χ3v) is 5.92. The lowest BCUT2D eigenvalue weighted by Gasteiger charge is -2.33. The Morgan fingerprint density at radius 1 is 1.26 bits per heavy atom. The number of carboxylic acids is 1. The molecule has 0 saturated carbocycles. The first-order chi connectivity index (χ1) is 14.7. The van der Waals surface area contributed by atoms with Crippen molar-refractivity contribution in [3.63, 3.8) is 0 Å². The van der Waals surface area contributed by atoms with Crippen molar-refractivity contribution in [2.75, 3.05) is 5.32 Å². The number of hydrogen-bond donors (Lipinski definition) is 2. The molecule has 0 aliphatic heterocycles. The Morgan fingerprint density at radius 3 is 2.68 bits per heavy atom. The maximum atomic E-state index is 12.8. The molecule has 1 aliphatic carbocycles. The topological polar surface area (TPSA) is 110 Å². The van der Waals surface area contributed by atoms with Crippen molar-refractivity contribution >= 4 is 17.6 Å². The van der Waals surface area contributed by atoms with Crippen LogP contribution in [0.25, 0.3) is 0 Å². The number of hydrogen-bond acceptors (Lipinski definition) is 5. The maximum absolute atomic E-state index is 12.8. The molecule has 0 fully saturated rings. The van der Waals surface area contributed by atoms with Crippen LogP contribution in [0.2, 0.25) is 0 Å². The normalized spacial score (nSPS) is 16.0. The van der Waals surface area contributed by atoms with Gasteiger partial charge in [-0.15, -0.1) is 0 Å². The summed E-state index contributed by atoms with van der Waals surface area (Å²) >= 11 is 0. The number of aromatic carboxylic acids is 1. The Hall–Kier alpha value is -3.42. The molecule has 2 N–H and O–H groups in total. The van der Waals surface area contributed by atoms with Crippen molar-refractivity contribution in [2.24, 2.45) is 11.3 Å². The Morgan fingerprint density at radius 2 is 2.00 bits per heavy atom. The number of aromatic nitrogens is 3. The summed E-state index contributed by atoms with van der Waals surface area (Å²) in [6, 6.07) is 6.61. The van der Waals surface area contributed by atoms with Crippen molar-refractivity contribution in [1.82, 2.24) is 14.9 Å². The number of rotatable bonds is 5. The van der Waals surface area contributed by atoms with E-state index in [0.29, 0.717) is 18.2 Å². The van der Waals surface area contributed by atoms with Crippen LogP contribution in [-0.2, 0) is 19.4 Å². The highest BCUT2D eigenvalue weighted by Crippen LogP contribution is 2.38. The lowest BCUT2D eigenvalue weighted by atomic mass is 9.71. The first kappa shape index (κ1) is 20.8. The molecule has 8 heteroatoms. The Labute approximate surface area is 180 Å². The molecule has 1 amide bonds. The lowest BCUT2D eigenvalue weighted by Crippen LogP contribution is -2.27. The van der Waals surface area contributed by atoms with Gasteiger partial charge in [0.05, 0.1) is 29.7 Å². The summed E-state index contributed by atoms with van der Waals surface area (Å²) in [7, 11) is 0. The van der Waals surface area contributed by atoms with E-state index in [1.807, 2.05) is 0 Å². The third kappa shape index (κ3) is 4.52. The summed E-state index contributed by atoms with van der Waals surface area (Å²) in [5.41, 5.74) is 3.65. The van der Waals surface area contributed by atoms with Gasteiger partial charge < -0.3 is 14.9 Å². The summed E-state index contributed by atoms with van der Waals surface area (Å²) in [6.45, 7) is 7.12. The van der Waals surface area contributed by atoms with E-state index >= 15 is 0 Å². The van der Waals surface area contributed by atoms with Gasteiger partial charge in [-0.25, -0.2) is 4.79 Å². The average molecular weight is 422 g/mol. The highest BCUT2D eigenvalue weighted by molar-refractivity contribution is 6.03. The Kier molecular flexibility index (Phi) is 5.39. The van der Waals surface area contributed by atoms with Crippen LogP contribution in [0.4, 0.5) is 5.69 Å². The van der Waals surface area contributed by atoms with Crippen LogP contribution in [0, 0.1) is 11.3 Å². The zero-order valence-electron chi connectivity index (χ0n) is 17.9. The molecule has 31 heavy (non-hydrogen) atoms. The first-order valence-electron chi connectivity index (χ1n) is 10.3. The van der Waals surface area contributed by atoms with Gasteiger partial charge in [0.25, 0.3) is 5.91 Å². The number of anilines is 1. The number of carboxylic acid groups (broad SMARTS) is 1. The molecule has 0 bridgehead atoms. The van der Waals surface area contributed by atoms with E-state index in [9.17, 15) is 9.59 Å². The van der Waals surface area contributed by atoms with E-state index in [1.54, 1.807) is 41.3 Å².